The zero-order valence-corrected chi connectivity index (χ0v) is 16.7. The van der Waals surface area contributed by atoms with Crippen molar-refractivity contribution in [3.8, 4) is 11.5 Å². The number of rotatable bonds is 7. The van der Waals surface area contributed by atoms with E-state index < -0.39 is 0 Å². The molecule has 0 saturated carbocycles. The Bertz CT molecular complexity index is 1020. The van der Waals surface area contributed by atoms with E-state index in [-0.39, 0.29) is 5.56 Å². The molecule has 0 bridgehead atoms. The number of hydrogen-bond donors (Lipinski definition) is 3. The van der Waals surface area contributed by atoms with E-state index in [1.165, 1.54) is 0 Å². The number of hydrogen-bond acceptors (Lipinski definition) is 4. The number of anilines is 1. The van der Waals surface area contributed by atoms with Crippen molar-refractivity contribution in [2.75, 3.05) is 25.6 Å². The molecule has 2 aromatic carbocycles. The van der Waals surface area contributed by atoms with Crippen molar-refractivity contribution < 1.29 is 9.47 Å². The highest BCUT2D eigenvalue weighted by Gasteiger charge is 2.05. The number of thiocarbonyl (C=S) groups is 1. The molecular weight excluding hydrogens is 374 g/mol. The van der Waals surface area contributed by atoms with Crippen LogP contribution in [0.5, 0.6) is 11.5 Å². The van der Waals surface area contributed by atoms with Gasteiger partial charge in [0.15, 0.2) is 5.11 Å². The number of H-pyrrole nitrogens is 1. The Hall–Kier alpha value is -3.06. The van der Waals surface area contributed by atoms with Crippen LogP contribution in [-0.4, -0.2) is 30.4 Å². The SMILES string of the molecule is CCOc1ccc(NC(=S)NCCc2cc3ccc(OC)cc3[nH]c2=O)cc1. The molecular formula is C21H23N3O3S. The van der Waals surface area contributed by atoms with E-state index in [0.29, 0.717) is 36.0 Å². The first-order valence-corrected chi connectivity index (χ1v) is 9.47. The van der Waals surface area contributed by atoms with Crippen molar-refractivity contribution in [1.82, 2.24) is 10.3 Å². The van der Waals surface area contributed by atoms with Crippen LogP contribution in [0.3, 0.4) is 0 Å². The fraction of sp³-hybridized carbons (Fsp3) is 0.238. The molecule has 0 spiro atoms. The van der Waals surface area contributed by atoms with Crippen molar-refractivity contribution >= 4 is 33.9 Å². The molecule has 0 fully saturated rings. The van der Waals surface area contributed by atoms with Gasteiger partial charge < -0.3 is 25.1 Å². The van der Waals surface area contributed by atoms with E-state index in [0.717, 1.165) is 22.3 Å². The molecule has 6 nitrogen and oxygen atoms in total. The predicted molar refractivity (Wildman–Crippen MR) is 117 cm³/mol. The predicted octanol–water partition coefficient (Wildman–Crippen LogP) is 3.46. The Kier molecular flexibility index (Phi) is 6.49. The lowest BCUT2D eigenvalue weighted by atomic mass is 10.1. The molecule has 146 valence electrons. The zero-order chi connectivity index (χ0) is 19.9. The lowest BCUT2D eigenvalue weighted by Crippen LogP contribution is -2.31. The zero-order valence-electron chi connectivity index (χ0n) is 15.9. The van der Waals surface area contributed by atoms with Crippen molar-refractivity contribution in [3.63, 3.8) is 0 Å². The van der Waals surface area contributed by atoms with E-state index in [1.807, 2.05) is 55.5 Å². The lowest BCUT2D eigenvalue weighted by Gasteiger charge is -2.11. The van der Waals surface area contributed by atoms with Gasteiger partial charge in [-0.3, -0.25) is 4.79 Å². The molecule has 0 radical (unpaired) electrons. The molecule has 0 aliphatic heterocycles. The van der Waals surface area contributed by atoms with Gasteiger partial charge in [0, 0.05) is 23.9 Å². The molecule has 1 heterocycles. The van der Waals surface area contributed by atoms with Crippen molar-refractivity contribution in [3.05, 3.63) is 64.4 Å². The summed E-state index contributed by atoms with van der Waals surface area (Å²) in [7, 11) is 1.60. The van der Waals surface area contributed by atoms with Crippen LogP contribution in [0.4, 0.5) is 5.69 Å². The first kappa shape index (κ1) is 19.7. The van der Waals surface area contributed by atoms with Gasteiger partial charge in [-0.05, 0) is 73.4 Å². The van der Waals surface area contributed by atoms with Gasteiger partial charge in [-0.15, -0.1) is 0 Å². The summed E-state index contributed by atoms with van der Waals surface area (Å²) in [6.45, 7) is 3.13. The molecule has 1 aromatic heterocycles. The van der Waals surface area contributed by atoms with E-state index in [1.54, 1.807) is 7.11 Å². The molecule has 3 N–H and O–H groups in total. The lowest BCUT2D eigenvalue weighted by molar-refractivity contribution is 0.340. The maximum absolute atomic E-state index is 12.3. The Labute approximate surface area is 168 Å². The van der Waals surface area contributed by atoms with E-state index >= 15 is 0 Å². The minimum absolute atomic E-state index is 0.104. The van der Waals surface area contributed by atoms with Crippen LogP contribution >= 0.6 is 12.2 Å². The summed E-state index contributed by atoms with van der Waals surface area (Å²) in [5, 5.41) is 7.72. The summed E-state index contributed by atoms with van der Waals surface area (Å²) in [4.78, 5) is 15.2. The average Bonchev–Trinajstić information content (AvgIpc) is 2.69. The van der Waals surface area contributed by atoms with Gasteiger partial charge in [0.1, 0.15) is 11.5 Å². The Morgan fingerprint density at radius 1 is 1.11 bits per heavy atom. The largest absolute Gasteiger partial charge is 0.497 e. The third-order valence-electron chi connectivity index (χ3n) is 4.23. The number of methoxy groups -OCH3 is 1. The summed E-state index contributed by atoms with van der Waals surface area (Å²) in [6, 6.07) is 15.1. The second-order valence-corrected chi connectivity index (χ2v) is 6.57. The summed E-state index contributed by atoms with van der Waals surface area (Å²) in [5.74, 6) is 1.53. The fourth-order valence-corrected chi connectivity index (χ4v) is 3.05. The second kappa shape index (κ2) is 9.23. The maximum atomic E-state index is 12.3. The number of aromatic nitrogens is 1. The molecule has 28 heavy (non-hydrogen) atoms. The maximum Gasteiger partial charge on any atom is 0.251 e. The Morgan fingerprint density at radius 3 is 2.57 bits per heavy atom. The van der Waals surface area contributed by atoms with Gasteiger partial charge in [0.05, 0.1) is 19.2 Å². The molecule has 0 atom stereocenters. The average molecular weight is 398 g/mol. The molecule has 7 heteroatoms. The topological polar surface area (TPSA) is 75.4 Å². The summed E-state index contributed by atoms with van der Waals surface area (Å²) >= 11 is 5.32. The quantitative estimate of drug-likeness (QED) is 0.530. The minimum Gasteiger partial charge on any atom is -0.497 e. The highest BCUT2D eigenvalue weighted by molar-refractivity contribution is 7.80. The molecule has 0 saturated heterocycles. The standard InChI is InChI=1S/C21H23N3O3S/c1-3-27-17-8-5-16(6-9-17)23-21(28)22-11-10-15-12-14-4-7-18(26-2)13-19(14)24-20(15)25/h4-9,12-13H,3,10-11H2,1-2H3,(H,24,25)(H2,22,23,28). The first-order chi connectivity index (χ1) is 13.6. The third-order valence-corrected chi connectivity index (χ3v) is 4.48. The van der Waals surface area contributed by atoms with Crippen molar-refractivity contribution in [2.24, 2.45) is 0 Å². The third kappa shape index (κ3) is 5.01. The number of pyridine rings is 1. The summed E-state index contributed by atoms with van der Waals surface area (Å²) in [6.07, 6.45) is 0.558. The van der Waals surface area contributed by atoms with Gasteiger partial charge in [0.2, 0.25) is 0 Å². The molecule has 0 aliphatic rings. The second-order valence-electron chi connectivity index (χ2n) is 6.17. The van der Waals surface area contributed by atoms with E-state index in [2.05, 4.69) is 15.6 Å². The van der Waals surface area contributed by atoms with Gasteiger partial charge in [0.25, 0.3) is 5.56 Å². The van der Waals surface area contributed by atoms with Crippen LogP contribution in [0.1, 0.15) is 12.5 Å². The van der Waals surface area contributed by atoms with Gasteiger partial charge in [-0.1, -0.05) is 0 Å². The van der Waals surface area contributed by atoms with Crippen molar-refractivity contribution in [1.29, 1.82) is 0 Å². The number of aromatic amines is 1. The Morgan fingerprint density at radius 2 is 1.86 bits per heavy atom. The summed E-state index contributed by atoms with van der Waals surface area (Å²) < 4.78 is 10.6. The van der Waals surface area contributed by atoms with Gasteiger partial charge >= 0.3 is 0 Å². The molecule has 3 rings (SSSR count). The van der Waals surface area contributed by atoms with Gasteiger partial charge in [-0.25, -0.2) is 0 Å². The summed E-state index contributed by atoms with van der Waals surface area (Å²) in [5.41, 5.74) is 2.23. The first-order valence-electron chi connectivity index (χ1n) is 9.06. The number of ether oxygens (including phenoxy) is 2. The van der Waals surface area contributed by atoms with Crippen LogP contribution in [0.2, 0.25) is 0 Å². The van der Waals surface area contributed by atoms with Crippen molar-refractivity contribution in [2.45, 2.75) is 13.3 Å². The molecule has 0 amide bonds. The van der Waals surface area contributed by atoms with Crippen LogP contribution in [0.15, 0.2) is 53.3 Å². The van der Waals surface area contributed by atoms with E-state index in [9.17, 15) is 4.79 Å². The number of nitrogens with one attached hydrogen (secondary N) is 3. The fourth-order valence-electron chi connectivity index (χ4n) is 2.83. The molecule has 3 aromatic rings. The number of benzene rings is 2. The van der Waals surface area contributed by atoms with Crippen LogP contribution in [-0.2, 0) is 6.42 Å². The highest BCUT2D eigenvalue weighted by Crippen LogP contribution is 2.18. The van der Waals surface area contributed by atoms with Gasteiger partial charge in [-0.2, -0.15) is 0 Å². The highest BCUT2D eigenvalue weighted by atomic mass is 32.1. The van der Waals surface area contributed by atoms with E-state index in [4.69, 9.17) is 21.7 Å². The smallest absolute Gasteiger partial charge is 0.251 e. The van der Waals surface area contributed by atoms with Crippen LogP contribution < -0.4 is 25.7 Å². The molecule has 0 unspecified atom stereocenters. The Balaban J connectivity index is 1.56. The minimum atomic E-state index is -0.104. The normalized spacial score (nSPS) is 10.5. The molecule has 0 aliphatic carbocycles. The number of fused-ring (bicyclic) bond motifs is 1. The van der Waals surface area contributed by atoms with Crippen LogP contribution in [0.25, 0.3) is 10.9 Å². The monoisotopic (exact) mass is 397 g/mol. The van der Waals surface area contributed by atoms with Crippen LogP contribution in [0, 0.1) is 0 Å².